The van der Waals surface area contributed by atoms with E-state index in [1.807, 2.05) is 32.6 Å². The van der Waals surface area contributed by atoms with Crippen LogP contribution in [0.2, 0.25) is 0 Å². The predicted octanol–water partition coefficient (Wildman–Crippen LogP) is 4.63. The molecule has 6 fully saturated rings. The molecule has 0 bridgehead atoms. The molecule has 2 saturated heterocycles. The third-order valence-electron chi connectivity index (χ3n) is 16.3. The molecule has 5 amide bonds. The molecular weight excluding hydrogens is 783 g/mol. The highest BCUT2D eigenvalue weighted by atomic mass is 32.2. The van der Waals surface area contributed by atoms with Crippen LogP contribution in [0.4, 0.5) is 0 Å². The highest BCUT2D eigenvalue weighted by molar-refractivity contribution is 7.87. The van der Waals surface area contributed by atoms with Crippen molar-refractivity contribution in [2.24, 2.45) is 33.5 Å². The van der Waals surface area contributed by atoms with Crippen LogP contribution in [0.3, 0.4) is 0 Å². The SMILES string of the molecule is [2H]C([2H])(C)N(CC)S(=O)(=O)NC(=O)[C@@]1(NC(=O)[C@@H]2C[C@@]3(CN2C(=O)[C@@H](NC(=O)[C@@H](NC(=O)[C@@H]2CCCCN2C([2H])(C)C)C2CCCCC2)C(C)(C)C)C(C)(C)C32CCC2)C[C@H]1CC. The molecule has 6 aliphatic rings. The van der Waals surface area contributed by atoms with Gasteiger partial charge in [0.15, 0.2) is 0 Å². The fourth-order valence-corrected chi connectivity index (χ4v) is 13.4. The highest BCUT2D eigenvalue weighted by Crippen LogP contribution is 2.88. The first-order valence-electron chi connectivity index (χ1n) is 24.4. The van der Waals surface area contributed by atoms with Crippen molar-refractivity contribution in [3.05, 3.63) is 0 Å². The first kappa shape index (κ1) is 42.5. The minimum atomic E-state index is -4.63. The molecule has 15 heteroatoms. The van der Waals surface area contributed by atoms with Gasteiger partial charge in [0.25, 0.3) is 5.91 Å². The minimum Gasteiger partial charge on any atom is -0.343 e. The molecule has 0 aromatic rings. The van der Waals surface area contributed by atoms with Crippen molar-refractivity contribution in [2.75, 3.05) is 26.1 Å². The summed E-state index contributed by atoms with van der Waals surface area (Å²) in [5.74, 6) is -3.22. The Bertz CT molecular complexity index is 1910. The topological polar surface area (TPSA) is 177 Å². The molecule has 0 aromatic carbocycles. The van der Waals surface area contributed by atoms with Gasteiger partial charge in [0.2, 0.25) is 23.6 Å². The lowest BCUT2D eigenvalue weighted by Gasteiger charge is -2.40. The fraction of sp³-hybridized carbons (Fsp3) is 0.889. The quantitative estimate of drug-likeness (QED) is 0.184. The Morgan fingerprint density at radius 1 is 0.867 bits per heavy atom. The largest absolute Gasteiger partial charge is 0.343 e. The van der Waals surface area contributed by atoms with E-state index in [9.17, 15) is 27.6 Å². The van der Waals surface area contributed by atoms with E-state index in [0.29, 0.717) is 30.1 Å². The summed E-state index contributed by atoms with van der Waals surface area (Å²) in [7, 11) is -4.63. The Hall–Kier alpha value is -2.78. The lowest BCUT2D eigenvalue weighted by molar-refractivity contribution is -0.145. The predicted molar refractivity (Wildman–Crippen MR) is 231 cm³/mol. The minimum absolute atomic E-state index is 0.0670. The number of carbonyl (C=O) groups is 5. The van der Waals surface area contributed by atoms with Gasteiger partial charge in [0.05, 0.1) is 6.04 Å². The second kappa shape index (κ2) is 17.1. The molecule has 6 rings (SSSR count). The van der Waals surface area contributed by atoms with E-state index < -0.39 is 81.5 Å². The molecule has 0 radical (unpaired) electrons. The van der Waals surface area contributed by atoms with Crippen LogP contribution in [-0.2, 0) is 34.2 Å². The molecular formula is C45H77N7O7S. The Morgan fingerprint density at radius 3 is 2.03 bits per heavy atom. The van der Waals surface area contributed by atoms with Crippen LogP contribution in [0.25, 0.3) is 0 Å². The van der Waals surface area contributed by atoms with Gasteiger partial charge in [-0.15, -0.1) is 0 Å². The molecule has 2 spiro atoms. The van der Waals surface area contributed by atoms with E-state index >= 15 is 4.79 Å². The third-order valence-corrected chi connectivity index (χ3v) is 17.7. The van der Waals surface area contributed by atoms with Gasteiger partial charge in [-0.3, -0.25) is 28.9 Å². The van der Waals surface area contributed by atoms with Gasteiger partial charge in [0, 0.05) is 35.1 Å². The van der Waals surface area contributed by atoms with Crippen LogP contribution in [-0.4, -0.2) is 114 Å². The number of carbonyl (C=O) groups excluding carboxylic acids is 5. The van der Waals surface area contributed by atoms with Crippen molar-refractivity contribution < 1.29 is 36.5 Å². The molecule has 14 nitrogen and oxygen atoms in total. The summed E-state index contributed by atoms with van der Waals surface area (Å²) < 4.78 is 54.2. The third kappa shape index (κ3) is 8.03. The van der Waals surface area contributed by atoms with E-state index in [-0.39, 0.29) is 53.5 Å². The van der Waals surface area contributed by atoms with Crippen LogP contribution in [0.5, 0.6) is 0 Å². The van der Waals surface area contributed by atoms with E-state index in [1.165, 1.54) is 6.92 Å². The van der Waals surface area contributed by atoms with Gasteiger partial charge in [-0.05, 0) is 99.8 Å². The summed E-state index contributed by atoms with van der Waals surface area (Å²) >= 11 is 0. The van der Waals surface area contributed by atoms with Crippen molar-refractivity contribution in [3.63, 3.8) is 0 Å². The van der Waals surface area contributed by atoms with Crippen LogP contribution in [0, 0.1) is 33.5 Å². The summed E-state index contributed by atoms with van der Waals surface area (Å²) in [6.45, 7) is 16.3. The van der Waals surface area contributed by atoms with Crippen LogP contribution < -0.4 is 20.7 Å². The smallest absolute Gasteiger partial charge is 0.303 e. The van der Waals surface area contributed by atoms with Gasteiger partial charge in [0.1, 0.15) is 23.7 Å². The van der Waals surface area contributed by atoms with Crippen molar-refractivity contribution >= 4 is 39.7 Å². The number of hydrogen-bond acceptors (Lipinski definition) is 8. The first-order chi connectivity index (χ1) is 29.0. The average Bonchev–Trinajstić information content (AvgIpc) is 3.89. The maximum atomic E-state index is 15.4. The number of piperidine rings is 1. The zero-order valence-electron chi connectivity index (χ0n) is 41.1. The molecule has 2 heterocycles. The van der Waals surface area contributed by atoms with Crippen LogP contribution in [0.15, 0.2) is 0 Å². The zero-order chi connectivity index (χ0) is 46.9. The molecule has 340 valence electrons. The number of nitrogens with zero attached hydrogens (tertiary/aromatic N) is 3. The van der Waals surface area contributed by atoms with Crippen LogP contribution in [0.1, 0.15) is 163 Å². The van der Waals surface area contributed by atoms with Crippen molar-refractivity contribution in [1.29, 1.82) is 0 Å². The maximum Gasteiger partial charge on any atom is 0.303 e. The van der Waals surface area contributed by atoms with E-state index in [2.05, 4.69) is 34.5 Å². The number of hydrogen-bond donors (Lipinski definition) is 4. The second-order valence-electron chi connectivity index (χ2n) is 20.8. The lowest BCUT2D eigenvalue weighted by Crippen LogP contribution is -2.63. The van der Waals surface area contributed by atoms with Gasteiger partial charge in [-0.2, -0.15) is 12.7 Å². The monoisotopic (exact) mass is 863 g/mol. The Kier molecular flexibility index (Phi) is 12.1. The van der Waals surface area contributed by atoms with E-state index in [0.717, 1.165) is 71.1 Å². The van der Waals surface area contributed by atoms with Crippen molar-refractivity contribution in [3.8, 4) is 0 Å². The number of amides is 5. The Morgan fingerprint density at radius 2 is 1.52 bits per heavy atom. The van der Waals surface area contributed by atoms with Crippen molar-refractivity contribution in [1.82, 2.24) is 34.8 Å². The lowest BCUT2D eigenvalue weighted by atomic mass is 9.73. The van der Waals surface area contributed by atoms with Crippen molar-refractivity contribution in [2.45, 2.75) is 195 Å². The number of fused-ring (bicyclic) bond motifs is 1. The number of likely N-dealkylation sites (tertiary alicyclic amines) is 2. The normalized spacial score (nSPS) is 32.2. The molecule has 7 atom stereocenters. The molecule has 0 unspecified atom stereocenters. The molecule has 4 aliphatic carbocycles. The second-order valence-corrected chi connectivity index (χ2v) is 22.4. The Balaban J connectivity index is 1.29. The van der Waals surface area contributed by atoms with E-state index in [4.69, 9.17) is 4.11 Å². The Labute approximate surface area is 364 Å². The van der Waals surface area contributed by atoms with E-state index in [1.54, 1.807) is 18.7 Å². The zero-order valence-corrected chi connectivity index (χ0v) is 38.9. The molecule has 2 aliphatic heterocycles. The first-order valence-corrected chi connectivity index (χ1v) is 24.3. The fourth-order valence-electron chi connectivity index (χ4n) is 12.3. The standard InChI is InChI=1S/C45H77N7O7S/c1-11-31-26-45(31,40(57)49-60(58,59)50(12-2)13-3)48-37(54)33-27-44(42(9,10)43(44)23-19-24-43)28-52(33)39(56)35(41(6,7)8)47-38(55)34(30-20-15-14-16-21-30)46-36(53)32-22-17-18-25-51(32)29(4)5/h29-35H,11-28H2,1-10H3,(H,46,53)(H,47,55)(H,48,54)(H,49,57)/t31-,32+,33+,34+,35-,44-,45-/m1/s1/i12D2,29D. The number of nitrogens with one attached hydrogen (secondary N) is 4. The van der Waals surface area contributed by atoms with Gasteiger partial charge in [-0.25, -0.2) is 4.72 Å². The van der Waals surface area contributed by atoms with Gasteiger partial charge in [-0.1, -0.05) is 93.9 Å². The average molecular weight is 863 g/mol. The van der Waals surface area contributed by atoms with Crippen LogP contribution >= 0.6 is 0 Å². The van der Waals surface area contributed by atoms with Gasteiger partial charge >= 0.3 is 10.2 Å². The number of rotatable bonds is 15. The summed E-state index contributed by atoms with van der Waals surface area (Å²) in [5.41, 5.74) is -3.06. The van der Waals surface area contributed by atoms with Gasteiger partial charge < -0.3 is 20.9 Å². The summed E-state index contributed by atoms with van der Waals surface area (Å²) in [6, 6.07) is -4.56. The molecule has 4 saturated carbocycles. The molecule has 0 aromatic heterocycles. The molecule has 60 heavy (non-hydrogen) atoms. The summed E-state index contributed by atoms with van der Waals surface area (Å²) in [6.07, 6.45) is 10.6. The highest BCUT2D eigenvalue weighted by Gasteiger charge is 2.85. The summed E-state index contributed by atoms with van der Waals surface area (Å²) in [4.78, 5) is 76.6. The molecule has 4 N–H and O–H groups in total. The summed E-state index contributed by atoms with van der Waals surface area (Å²) in [5, 5.41) is 9.18. The maximum absolute atomic E-state index is 15.4.